The van der Waals surface area contributed by atoms with E-state index in [2.05, 4.69) is 35.5 Å². The number of hydrogen-bond donors (Lipinski definition) is 2. The molecule has 0 spiro atoms. The van der Waals surface area contributed by atoms with Gasteiger partial charge in [-0.15, -0.1) is 24.0 Å². The van der Waals surface area contributed by atoms with Gasteiger partial charge in [0.25, 0.3) is 0 Å². The molecular weight excluding hydrogens is 469 g/mol. The molecule has 0 fully saturated rings. The summed E-state index contributed by atoms with van der Waals surface area (Å²) in [6, 6.07) is 9.98. The maximum absolute atomic E-state index is 5.68. The van der Waals surface area contributed by atoms with E-state index < -0.39 is 0 Å². The number of rotatable bonds is 7. The molecule has 6 nitrogen and oxygen atoms in total. The number of methoxy groups -OCH3 is 2. The van der Waals surface area contributed by atoms with Crippen molar-refractivity contribution in [1.29, 1.82) is 0 Å². The third kappa shape index (κ3) is 6.05. The van der Waals surface area contributed by atoms with Crippen LogP contribution in [0.4, 0.5) is 0 Å². The van der Waals surface area contributed by atoms with Gasteiger partial charge in [-0.1, -0.05) is 19.9 Å². The molecule has 0 bridgehead atoms. The molecule has 7 heteroatoms. The molecule has 1 unspecified atom stereocenters. The molecule has 1 aromatic heterocycles. The Kier molecular flexibility index (Phi) is 9.13. The van der Waals surface area contributed by atoms with Gasteiger partial charge in [0.2, 0.25) is 0 Å². The molecule has 1 atom stereocenters. The van der Waals surface area contributed by atoms with Crippen LogP contribution in [0.5, 0.6) is 11.5 Å². The van der Waals surface area contributed by atoms with Crippen LogP contribution < -0.4 is 20.1 Å². The van der Waals surface area contributed by atoms with E-state index in [1.54, 1.807) is 21.3 Å². The summed E-state index contributed by atoms with van der Waals surface area (Å²) in [5, 5.41) is 6.77. The quantitative estimate of drug-likeness (QED) is 0.334. The molecule has 1 heterocycles. The smallest absolute Gasteiger partial charge is 0.191 e. The fraction of sp³-hybridized carbons (Fsp3) is 0.476. The van der Waals surface area contributed by atoms with Crippen LogP contribution in [0.2, 0.25) is 0 Å². The highest BCUT2D eigenvalue weighted by Gasteiger charge is 2.23. The number of nitrogens with zero attached hydrogens (tertiary/aromatic N) is 1. The molecule has 156 valence electrons. The zero-order chi connectivity index (χ0) is 20.0. The summed E-state index contributed by atoms with van der Waals surface area (Å²) < 4.78 is 16.4. The third-order valence-corrected chi connectivity index (χ3v) is 4.63. The molecule has 2 aromatic rings. The van der Waals surface area contributed by atoms with Gasteiger partial charge >= 0.3 is 0 Å². The first-order valence-corrected chi connectivity index (χ1v) is 9.06. The molecular formula is C21H32IN3O3. The molecule has 2 rings (SSSR count). The molecule has 0 aliphatic carbocycles. The Hall–Kier alpha value is -1.90. The summed E-state index contributed by atoms with van der Waals surface area (Å²) in [4.78, 5) is 4.33. The lowest BCUT2D eigenvalue weighted by atomic mass is 9.84. The Morgan fingerprint density at radius 3 is 2.36 bits per heavy atom. The van der Waals surface area contributed by atoms with Crippen LogP contribution in [0.3, 0.4) is 0 Å². The van der Waals surface area contributed by atoms with Crippen molar-refractivity contribution >= 4 is 29.9 Å². The minimum Gasteiger partial charge on any atom is -0.493 e. The van der Waals surface area contributed by atoms with Crippen LogP contribution in [-0.4, -0.2) is 33.8 Å². The molecule has 0 radical (unpaired) electrons. The topological polar surface area (TPSA) is 68.0 Å². The summed E-state index contributed by atoms with van der Waals surface area (Å²) >= 11 is 0. The van der Waals surface area contributed by atoms with Gasteiger partial charge in [0.15, 0.2) is 17.5 Å². The van der Waals surface area contributed by atoms with Gasteiger partial charge in [0.1, 0.15) is 11.5 Å². The first kappa shape index (κ1) is 24.1. The third-order valence-electron chi connectivity index (χ3n) is 4.63. The lowest BCUT2D eigenvalue weighted by molar-refractivity contribution is 0.353. The second-order valence-electron chi connectivity index (χ2n) is 7.19. The number of aliphatic imine (C=N–C) groups is 1. The average Bonchev–Trinajstić information content (AvgIpc) is 3.10. The van der Waals surface area contributed by atoms with Crippen molar-refractivity contribution in [3.05, 3.63) is 47.4 Å². The second kappa shape index (κ2) is 10.6. The molecule has 0 amide bonds. The van der Waals surface area contributed by atoms with Gasteiger partial charge in [-0.2, -0.15) is 0 Å². The molecule has 0 aliphatic rings. The van der Waals surface area contributed by atoms with Crippen LogP contribution in [0.15, 0.2) is 39.7 Å². The Labute approximate surface area is 185 Å². The van der Waals surface area contributed by atoms with Gasteiger partial charge in [0.05, 0.1) is 20.3 Å². The Bertz CT molecular complexity index is 787. The minimum atomic E-state index is -0.137. The van der Waals surface area contributed by atoms with E-state index in [-0.39, 0.29) is 35.4 Å². The highest BCUT2D eigenvalue weighted by Crippen LogP contribution is 2.32. The Morgan fingerprint density at radius 1 is 1.14 bits per heavy atom. The zero-order valence-electron chi connectivity index (χ0n) is 17.8. The van der Waals surface area contributed by atoms with Crippen molar-refractivity contribution in [3.8, 4) is 11.5 Å². The Morgan fingerprint density at radius 2 is 1.82 bits per heavy atom. The van der Waals surface area contributed by atoms with Crippen LogP contribution >= 0.6 is 24.0 Å². The largest absolute Gasteiger partial charge is 0.493 e. The van der Waals surface area contributed by atoms with Crippen LogP contribution in [-0.2, 0) is 5.41 Å². The van der Waals surface area contributed by atoms with Crippen LogP contribution in [0.1, 0.15) is 43.9 Å². The number of guanidine groups is 1. The maximum atomic E-state index is 5.68. The number of furan rings is 1. The average molecular weight is 501 g/mol. The van der Waals surface area contributed by atoms with Crippen molar-refractivity contribution in [1.82, 2.24) is 10.6 Å². The summed E-state index contributed by atoms with van der Waals surface area (Å²) in [5.41, 5.74) is 1.01. The number of aryl methyl sites for hydroxylation is 1. The van der Waals surface area contributed by atoms with Crippen LogP contribution in [0.25, 0.3) is 0 Å². The van der Waals surface area contributed by atoms with E-state index in [1.807, 2.05) is 38.1 Å². The lowest BCUT2D eigenvalue weighted by Crippen LogP contribution is -2.44. The number of halogens is 1. The van der Waals surface area contributed by atoms with Crippen molar-refractivity contribution in [2.45, 2.75) is 39.2 Å². The number of benzene rings is 1. The molecule has 0 aliphatic heterocycles. The van der Waals surface area contributed by atoms with Crippen molar-refractivity contribution in [3.63, 3.8) is 0 Å². The van der Waals surface area contributed by atoms with Gasteiger partial charge < -0.3 is 24.5 Å². The van der Waals surface area contributed by atoms with Gasteiger partial charge in [0, 0.05) is 19.0 Å². The molecule has 0 saturated carbocycles. The monoisotopic (exact) mass is 501 g/mol. The highest BCUT2D eigenvalue weighted by atomic mass is 127. The molecule has 1 aromatic carbocycles. The SMILES string of the molecule is CN=C(NCC(C)(C)c1ccc(OC)c(OC)c1)NC(C)c1ccc(C)o1.I. The van der Waals surface area contributed by atoms with E-state index >= 15 is 0 Å². The van der Waals surface area contributed by atoms with E-state index in [0.717, 1.165) is 34.5 Å². The normalized spacial score (nSPS) is 12.8. The highest BCUT2D eigenvalue weighted by molar-refractivity contribution is 14.0. The van der Waals surface area contributed by atoms with E-state index in [9.17, 15) is 0 Å². The predicted molar refractivity (Wildman–Crippen MR) is 124 cm³/mol. The fourth-order valence-electron chi connectivity index (χ4n) is 2.82. The first-order chi connectivity index (χ1) is 12.8. The maximum Gasteiger partial charge on any atom is 0.191 e. The van der Waals surface area contributed by atoms with E-state index in [0.29, 0.717) is 6.54 Å². The van der Waals surface area contributed by atoms with Gasteiger partial charge in [-0.3, -0.25) is 4.99 Å². The van der Waals surface area contributed by atoms with Crippen LogP contribution in [0, 0.1) is 6.92 Å². The summed E-state index contributed by atoms with van der Waals surface area (Å²) in [7, 11) is 5.05. The zero-order valence-corrected chi connectivity index (χ0v) is 20.1. The predicted octanol–water partition coefficient (Wildman–Crippen LogP) is 4.43. The minimum absolute atomic E-state index is 0. The molecule has 2 N–H and O–H groups in total. The summed E-state index contributed by atoms with van der Waals surface area (Å²) in [5.74, 6) is 3.97. The van der Waals surface area contributed by atoms with Crippen molar-refractivity contribution in [2.75, 3.05) is 27.8 Å². The van der Waals surface area contributed by atoms with E-state index in [1.165, 1.54) is 0 Å². The fourth-order valence-corrected chi connectivity index (χ4v) is 2.82. The summed E-state index contributed by atoms with van der Waals surface area (Å²) in [6.45, 7) is 9.04. The molecule has 28 heavy (non-hydrogen) atoms. The Balaban J connectivity index is 0.00000392. The van der Waals surface area contributed by atoms with Gasteiger partial charge in [-0.05, 0) is 43.7 Å². The molecule has 0 saturated heterocycles. The van der Waals surface area contributed by atoms with Crippen molar-refractivity contribution < 1.29 is 13.9 Å². The number of hydrogen-bond acceptors (Lipinski definition) is 4. The first-order valence-electron chi connectivity index (χ1n) is 9.06. The lowest BCUT2D eigenvalue weighted by Gasteiger charge is -2.28. The van der Waals surface area contributed by atoms with Crippen molar-refractivity contribution in [2.24, 2.45) is 4.99 Å². The summed E-state index contributed by atoms with van der Waals surface area (Å²) in [6.07, 6.45) is 0. The van der Waals surface area contributed by atoms with Gasteiger partial charge in [-0.25, -0.2) is 0 Å². The number of ether oxygens (including phenoxy) is 2. The standard InChI is InChI=1S/C21H31N3O3.HI/c1-14-8-10-17(27-14)15(2)24-20(22-5)23-13-21(3,4)16-9-11-18(25-6)19(12-16)26-7;/h8-12,15H,13H2,1-7H3,(H2,22,23,24);1H. The number of nitrogens with one attached hydrogen (secondary N) is 2. The van der Waals surface area contributed by atoms with E-state index in [4.69, 9.17) is 13.9 Å². The second-order valence-corrected chi connectivity index (χ2v) is 7.19.